The van der Waals surface area contributed by atoms with E-state index in [2.05, 4.69) is 10.3 Å². The number of carbonyl (C=O) groups is 2. The maximum Gasteiger partial charge on any atom is 0.416 e. The summed E-state index contributed by atoms with van der Waals surface area (Å²) in [6.45, 7) is 0.298. The fourth-order valence-corrected chi connectivity index (χ4v) is 7.61. The number of aromatic nitrogens is 2. The molecule has 2 N–H and O–H groups in total. The van der Waals surface area contributed by atoms with Gasteiger partial charge in [-0.05, 0) is 47.9 Å². The molecule has 8 rings (SSSR count). The molecule has 6 nitrogen and oxygen atoms in total. The zero-order valence-corrected chi connectivity index (χ0v) is 17.2. The Morgan fingerprint density at radius 2 is 1.94 bits per heavy atom. The van der Waals surface area contributed by atoms with Gasteiger partial charge in [-0.2, -0.15) is 13.2 Å². The highest BCUT2D eigenvalue weighted by Gasteiger charge is 3.19. The number of hydrogen-bond acceptors (Lipinski definition) is 3. The number of rotatable bonds is 5. The fraction of sp³-hybridized carbons (Fsp3) is 0.375. The number of carbonyl (C=O) groups excluding carboxylic acids is 1. The molecule has 9 heteroatoms. The Morgan fingerprint density at radius 1 is 1.18 bits per heavy atom. The lowest BCUT2D eigenvalue weighted by atomic mass is 9.42. The van der Waals surface area contributed by atoms with Crippen LogP contribution in [-0.4, -0.2) is 32.6 Å². The Bertz CT molecular complexity index is 1400. The molecule has 2 heterocycles. The number of nitrogens with one attached hydrogen (secondary N) is 1. The molecule has 0 aliphatic heterocycles. The van der Waals surface area contributed by atoms with Crippen molar-refractivity contribution in [3.8, 4) is 0 Å². The predicted octanol–water partition coefficient (Wildman–Crippen LogP) is 3.70. The van der Waals surface area contributed by atoms with E-state index in [1.165, 1.54) is 18.3 Å². The molecule has 0 radical (unpaired) electrons. The van der Waals surface area contributed by atoms with Gasteiger partial charge in [-0.1, -0.05) is 12.1 Å². The van der Waals surface area contributed by atoms with Crippen molar-refractivity contribution in [2.75, 3.05) is 0 Å². The summed E-state index contributed by atoms with van der Waals surface area (Å²) >= 11 is 0. The summed E-state index contributed by atoms with van der Waals surface area (Å²) in [5.74, 6) is -0.826. The number of hydrogen-bond donors (Lipinski definition) is 2. The van der Waals surface area contributed by atoms with E-state index >= 15 is 0 Å². The molecule has 2 aromatic heterocycles. The van der Waals surface area contributed by atoms with Crippen LogP contribution in [0.1, 0.15) is 34.3 Å². The number of halogens is 3. The average Bonchev–Trinajstić information content (AvgIpc) is 3.32. The first-order valence-electron chi connectivity index (χ1n) is 10.8. The highest BCUT2D eigenvalue weighted by Crippen LogP contribution is 3.17. The van der Waals surface area contributed by atoms with Crippen LogP contribution in [0.15, 0.2) is 48.9 Å². The Labute approximate surface area is 185 Å². The van der Waals surface area contributed by atoms with Crippen molar-refractivity contribution >= 4 is 22.8 Å². The Balaban J connectivity index is 1.15. The van der Waals surface area contributed by atoms with Crippen molar-refractivity contribution in [2.45, 2.75) is 31.6 Å². The molecule has 2 bridgehead atoms. The van der Waals surface area contributed by atoms with Gasteiger partial charge >= 0.3 is 12.1 Å². The molecular weight excluding hydrogens is 435 g/mol. The van der Waals surface area contributed by atoms with Crippen LogP contribution in [-0.2, 0) is 17.5 Å². The minimum absolute atomic E-state index is 0.131. The van der Waals surface area contributed by atoms with Crippen LogP contribution in [0.5, 0.6) is 0 Å². The number of fused-ring (bicyclic) bond motifs is 1. The predicted molar refractivity (Wildman–Crippen MR) is 109 cm³/mol. The molecule has 1 amide bonds. The molecular formula is C24H18F3N3O3. The standard InChI is InChI=1S/C24H18F3N3O3/c25-24(26,27)14-3-1-12(2-4-14)10-30-6-5-13-8-28-9-15(17(13)30)18(31)29-16-7-21-11-22(20(32)33)19(21)23(16,21)22/h1-6,8-9,16,19H,7,10-11H2,(H,29,31)(H,32,33)/t16?,19-,21?,22-,23+/m1/s1. The van der Waals surface area contributed by atoms with E-state index in [1.54, 1.807) is 12.4 Å². The van der Waals surface area contributed by atoms with Crippen molar-refractivity contribution in [1.82, 2.24) is 14.9 Å². The molecule has 0 saturated heterocycles. The third kappa shape index (κ3) is 1.93. The number of amides is 1. The number of nitrogens with zero attached hydrogens (tertiary/aromatic N) is 2. The Morgan fingerprint density at radius 3 is 2.58 bits per heavy atom. The summed E-state index contributed by atoms with van der Waals surface area (Å²) in [7, 11) is 0. The third-order valence-corrected chi connectivity index (χ3v) is 8.84. The topological polar surface area (TPSA) is 84.2 Å². The maximum atomic E-state index is 13.2. The Hall–Kier alpha value is -3.36. The van der Waals surface area contributed by atoms with Crippen molar-refractivity contribution in [3.05, 3.63) is 65.6 Å². The Kier molecular flexibility index (Phi) is 3.13. The second-order valence-electron chi connectivity index (χ2n) is 9.90. The SMILES string of the molecule is O=C(NC1CC23C[C@]4(C(=O)O)[C@@H]2[C@@]134)c1cncc2ccn(Cc3ccc(C(F)(F)F)cc3)c12. The summed E-state index contributed by atoms with van der Waals surface area (Å²) in [4.78, 5) is 29.1. The van der Waals surface area contributed by atoms with Gasteiger partial charge in [0.15, 0.2) is 0 Å². The highest BCUT2D eigenvalue weighted by atomic mass is 19.4. The van der Waals surface area contributed by atoms with E-state index < -0.39 is 23.1 Å². The van der Waals surface area contributed by atoms with Gasteiger partial charge in [0.25, 0.3) is 5.91 Å². The summed E-state index contributed by atoms with van der Waals surface area (Å²) in [5, 5.41) is 13.4. The first kappa shape index (κ1) is 19.1. The highest BCUT2D eigenvalue weighted by molar-refractivity contribution is 6.06. The summed E-state index contributed by atoms with van der Waals surface area (Å²) in [5.41, 5.74) is 0.303. The summed E-state index contributed by atoms with van der Waals surface area (Å²) in [6, 6.07) is 6.64. The van der Waals surface area contributed by atoms with E-state index in [1.807, 2.05) is 10.6 Å². The molecule has 2 unspecified atom stereocenters. The van der Waals surface area contributed by atoms with Gasteiger partial charge in [-0.25, -0.2) is 0 Å². The second-order valence-corrected chi connectivity index (χ2v) is 9.90. The maximum absolute atomic E-state index is 13.2. The molecule has 5 atom stereocenters. The number of pyridine rings is 1. The van der Waals surface area contributed by atoms with Crippen LogP contribution in [0.2, 0.25) is 0 Å². The number of alkyl halides is 3. The second kappa shape index (κ2) is 5.40. The molecule has 5 aliphatic carbocycles. The zero-order valence-electron chi connectivity index (χ0n) is 17.2. The van der Waals surface area contributed by atoms with Gasteiger partial charge in [0.05, 0.1) is 22.1 Å². The van der Waals surface area contributed by atoms with E-state index in [-0.39, 0.29) is 28.7 Å². The number of benzene rings is 1. The number of aliphatic carboxylic acids is 1. The van der Waals surface area contributed by atoms with Crippen LogP contribution in [0.3, 0.4) is 0 Å². The molecule has 5 saturated carbocycles. The van der Waals surface area contributed by atoms with Crippen molar-refractivity contribution in [3.63, 3.8) is 0 Å². The van der Waals surface area contributed by atoms with E-state index in [9.17, 15) is 27.9 Å². The molecule has 1 aromatic carbocycles. The van der Waals surface area contributed by atoms with Crippen molar-refractivity contribution in [2.24, 2.45) is 22.2 Å². The fourth-order valence-electron chi connectivity index (χ4n) is 7.61. The number of carboxylic acids is 1. The summed E-state index contributed by atoms with van der Waals surface area (Å²) in [6.07, 6.45) is 2.08. The van der Waals surface area contributed by atoms with Crippen LogP contribution in [0.4, 0.5) is 13.2 Å². The molecule has 5 aliphatic rings. The minimum Gasteiger partial charge on any atom is -0.481 e. The quantitative estimate of drug-likeness (QED) is 0.617. The third-order valence-electron chi connectivity index (χ3n) is 8.84. The van der Waals surface area contributed by atoms with Gasteiger partial charge < -0.3 is 15.0 Å². The monoisotopic (exact) mass is 453 g/mol. The first-order chi connectivity index (χ1) is 15.7. The van der Waals surface area contributed by atoms with Crippen LogP contribution in [0, 0.1) is 22.2 Å². The molecule has 3 aromatic rings. The molecule has 168 valence electrons. The van der Waals surface area contributed by atoms with Gasteiger partial charge in [0.2, 0.25) is 0 Å². The largest absolute Gasteiger partial charge is 0.481 e. The molecule has 33 heavy (non-hydrogen) atoms. The summed E-state index contributed by atoms with van der Waals surface area (Å²) < 4.78 is 40.4. The first-order valence-corrected chi connectivity index (χ1v) is 10.8. The lowest BCUT2D eigenvalue weighted by molar-refractivity contribution is -0.187. The lowest BCUT2D eigenvalue weighted by Crippen LogP contribution is -2.67. The van der Waals surface area contributed by atoms with Gasteiger partial charge in [0.1, 0.15) is 0 Å². The van der Waals surface area contributed by atoms with Gasteiger partial charge in [0, 0.05) is 42.0 Å². The van der Waals surface area contributed by atoms with E-state index in [0.29, 0.717) is 23.2 Å². The van der Waals surface area contributed by atoms with Crippen LogP contribution >= 0.6 is 0 Å². The number of carboxylic acid groups (broad SMARTS) is 1. The zero-order chi connectivity index (χ0) is 23.0. The van der Waals surface area contributed by atoms with E-state index in [0.717, 1.165) is 30.4 Å². The van der Waals surface area contributed by atoms with Crippen molar-refractivity contribution < 1.29 is 27.9 Å². The van der Waals surface area contributed by atoms with Gasteiger partial charge in [-0.15, -0.1) is 0 Å². The van der Waals surface area contributed by atoms with Crippen LogP contribution < -0.4 is 5.32 Å². The minimum atomic E-state index is -4.39. The average molecular weight is 453 g/mol. The van der Waals surface area contributed by atoms with Crippen molar-refractivity contribution in [1.29, 1.82) is 0 Å². The lowest BCUT2D eigenvalue weighted by Gasteiger charge is -2.61. The van der Waals surface area contributed by atoms with E-state index in [4.69, 9.17) is 0 Å². The normalized spacial score (nSPS) is 34.5. The van der Waals surface area contributed by atoms with Gasteiger partial charge in [-0.3, -0.25) is 14.6 Å². The smallest absolute Gasteiger partial charge is 0.416 e. The van der Waals surface area contributed by atoms with Crippen LogP contribution in [0.25, 0.3) is 10.9 Å². The molecule has 5 fully saturated rings. The molecule has 2 spiro atoms.